The van der Waals surface area contributed by atoms with Crippen LogP contribution in [-0.2, 0) is 0 Å². The lowest BCUT2D eigenvalue weighted by atomic mass is 10.0. The molecule has 0 heterocycles. The second kappa shape index (κ2) is 5.19. The van der Waals surface area contributed by atoms with E-state index in [-0.39, 0.29) is 5.78 Å². The Bertz CT molecular complexity index is 578. The Balaban J connectivity index is 2.52. The smallest absolute Gasteiger partial charge is 0.195 e. The molecule has 0 N–H and O–H groups in total. The van der Waals surface area contributed by atoms with Gasteiger partial charge in [0, 0.05) is 14.7 Å². The fourth-order valence-corrected chi connectivity index (χ4v) is 2.44. The topological polar surface area (TPSA) is 17.1 Å². The third kappa shape index (κ3) is 2.53. The van der Waals surface area contributed by atoms with Crippen molar-refractivity contribution in [3.63, 3.8) is 0 Å². The van der Waals surface area contributed by atoms with Crippen molar-refractivity contribution in [2.24, 2.45) is 0 Å². The molecule has 0 saturated carbocycles. The molecule has 2 aromatic carbocycles. The first kappa shape index (κ1) is 12.6. The monoisotopic (exact) mass is 356 g/mol. The van der Waals surface area contributed by atoms with Gasteiger partial charge in [0.05, 0.1) is 5.02 Å². The number of ketones is 1. The molecule has 0 aromatic heterocycles. The quantitative estimate of drug-likeness (QED) is 0.572. The zero-order valence-electron chi connectivity index (χ0n) is 9.21. The molecule has 0 aliphatic carbocycles. The van der Waals surface area contributed by atoms with Gasteiger partial charge in [0.15, 0.2) is 5.78 Å². The van der Waals surface area contributed by atoms with E-state index in [1.807, 2.05) is 37.3 Å². The van der Waals surface area contributed by atoms with Gasteiger partial charge < -0.3 is 0 Å². The van der Waals surface area contributed by atoms with Crippen LogP contribution in [0.3, 0.4) is 0 Å². The van der Waals surface area contributed by atoms with Gasteiger partial charge in [-0.3, -0.25) is 4.79 Å². The summed E-state index contributed by atoms with van der Waals surface area (Å²) in [5.74, 6) is -0.0244. The maximum Gasteiger partial charge on any atom is 0.195 e. The highest BCUT2D eigenvalue weighted by atomic mass is 127. The van der Waals surface area contributed by atoms with Crippen LogP contribution in [0.2, 0.25) is 5.02 Å². The van der Waals surface area contributed by atoms with E-state index in [0.29, 0.717) is 16.1 Å². The third-order valence-electron chi connectivity index (χ3n) is 2.55. The van der Waals surface area contributed by atoms with E-state index in [2.05, 4.69) is 22.6 Å². The van der Waals surface area contributed by atoms with Crippen molar-refractivity contribution in [3.8, 4) is 0 Å². The van der Waals surface area contributed by atoms with E-state index in [9.17, 15) is 4.79 Å². The van der Waals surface area contributed by atoms with Crippen molar-refractivity contribution < 1.29 is 4.79 Å². The van der Waals surface area contributed by atoms with Gasteiger partial charge in [0.1, 0.15) is 0 Å². The minimum absolute atomic E-state index is 0.0244. The summed E-state index contributed by atoms with van der Waals surface area (Å²) < 4.78 is 0.981. The summed E-state index contributed by atoms with van der Waals surface area (Å²) in [6.07, 6.45) is 0. The molecule has 0 radical (unpaired) electrons. The van der Waals surface area contributed by atoms with Gasteiger partial charge >= 0.3 is 0 Å². The van der Waals surface area contributed by atoms with Crippen molar-refractivity contribution in [2.45, 2.75) is 6.92 Å². The number of carbonyl (C=O) groups is 1. The number of benzene rings is 2. The summed E-state index contributed by atoms with van der Waals surface area (Å²) in [5.41, 5.74) is 2.36. The van der Waals surface area contributed by atoms with Crippen LogP contribution in [0.5, 0.6) is 0 Å². The van der Waals surface area contributed by atoms with Crippen LogP contribution in [0.4, 0.5) is 0 Å². The molecule has 0 aliphatic rings. The summed E-state index contributed by atoms with van der Waals surface area (Å²) in [4.78, 5) is 12.4. The molecule has 2 aromatic rings. The number of halogens is 2. The first-order valence-corrected chi connectivity index (χ1v) is 6.61. The lowest BCUT2D eigenvalue weighted by molar-refractivity contribution is 0.103. The fraction of sp³-hybridized carbons (Fsp3) is 0.0714. The highest BCUT2D eigenvalue weighted by molar-refractivity contribution is 14.1. The first-order chi connectivity index (χ1) is 8.11. The van der Waals surface area contributed by atoms with Crippen molar-refractivity contribution in [1.29, 1.82) is 0 Å². The van der Waals surface area contributed by atoms with Gasteiger partial charge in [0.2, 0.25) is 0 Å². The van der Waals surface area contributed by atoms with Gasteiger partial charge in [0.25, 0.3) is 0 Å². The van der Waals surface area contributed by atoms with Crippen LogP contribution >= 0.6 is 34.2 Å². The molecule has 0 saturated heterocycles. The second-order valence-electron chi connectivity index (χ2n) is 3.75. The standard InChI is InChI=1S/C14H10ClIO/c1-9-5-4-7-11(13(9)16)14(17)10-6-2-3-8-12(10)15/h2-8H,1H3. The maximum atomic E-state index is 12.4. The van der Waals surface area contributed by atoms with Crippen molar-refractivity contribution in [1.82, 2.24) is 0 Å². The van der Waals surface area contributed by atoms with Crippen LogP contribution in [-0.4, -0.2) is 5.78 Å². The molecule has 0 fully saturated rings. The summed E-state index contributed by atoms with van der Waals surface area (Å²) in [6, 6.07) is 12.8. The SMILES string of the molecule is Cc1cccc(C(=O)c2ccccc2Cl)c1I. The molecule has 0 unspecified atom stereocenters. The molecule has 1 nitrogen and oxygen atoms in total. The average molecular weight is 357 g/mol. The van der Waals surface area contributed by atoms with E-state index in [1.54, 1.807) is 12.1 Å². The van der Waals surface area contributed by atoms with Crippen molar-refractivity contribution >= 4 is 40.0 Å². The molecule has 3 heteroatoms. The number of rotatable bonds is 2. The van der Waals surface area contributed by atoms with E-state index in [4.69, 9.17) is 11.6 Å². The van der Waals surface area contributed by atoms with Gasteiger partial charge in [-0.1, -0.05) is 35.9 Å². The highest BCUT2D eigenvalue weighted by Crippen LogP contribution is 2.23. The van der Waals surface area contributed by atoms with E-state index < -0.39 is 0 Å². The number of aryl methyl sites for hydroxylation is 1. The average Bonchev–Trinajstić information content (AvgIpc) is 2.32. The summed E-state index contributed by atoms with van der Waals surface area (Å²) >= 11 is 8.23. The largest absolute Gasteiger partial charge is 0.289 e. The Labute approximate surface area is 119 Å². The minimum atomic E-state index is -0.0244. The van der Waals surface area contributed by atoms with Gasteiger partial charge in [-0.2, -0.15) is 0 Å². The Hall–Kier alpha value is -0.870. The van der Waals surface area contributed by atoms with Crippen LogP contribution < -0.4 is 0 Å². The van der Waals surface area contributed by atoms with Crippen molar-refractivity contribution in [3.05, 3.63) is 67.7 Å². The number of carbonyl (C=O) groups excluding carboxylic acids is 1. The molecule has 86 valence electrons. The summed E-state index contributed by atoms with van der Waals surface area (Å²) in [5, 5.41) is 0.495. The van der Waals surface area contributed by atoms with Gasteiger partial charge in [-0.15, -0.1) is 0 Å². The maximum absolute atomic E-state index is 12.4. The molecule has 17 heavy (non-hydrogen) atoms. The zero-order chi connectivity index (χ0) is 12.4. The molecule has 0 spiro atoms. The Morgan fingerprint density at radius 1 is 1.06 bits per heavy atom. The third-order valence-corrected chi connectivity index (χ3v) is 4.32. The lowest BCUT2D eigenvalue weighted by Gasteiger charge is -2.07. The molecular weight excluding hydrogens is 347 g/mol. The van der Waals surface area contributed by atoms with Gasteiger partial charge in [-0.25, -0.2) is 0 Å². The molecular formula is C14H10ClIO. The predicted molar refractivity (Wildman–Crippen MR) is 78.8 cm³/mol. The molecule has 0 bridgehead atoms. The van der Waals surface area contributed by atoms with Crippen molar-refractivity contribution in [2.75, 3.05) is 0 Å². The van der Waals surface area contributed by atoms with Crippen LogP contribution in [0.25, 0.3) is 0 Å². The predicted octanol–water partition coefficient (Wildman–Crippen LogP) is 4.48. The van der Waals surface area contributed by atoms with Crippen LogP contribution in [0, 0.1) is 10.5 Å². The Kier molecular flexibility index (Phi) is 3.84. The molecule has 0 aliphatic heterocycles. The number of hydrogen-bond acceptors (Lipinski definition) is 1. The summed E-state index contributed by atoms with van der Waals surface area (Å²) in [7, 11) is 0. The molecule has 0 atom stereocenters. The fourth-order valence-electron chi connectivity index (χ4n) is 1.61. The molecule has 0 amide bonds. The van der Waals surface area contributed by atoms with Crippen LogP contribution in [0.15, 0.2) is 42.5 Å². The highest BCUT2D eigenvalue weighted by Gasteiger charge is 2.15. The first-order valence-electron chi connectivity index (χ1n) is 5.15. The van der Waals surface area contributed by atoms with Gasteiger partial charge in [-0.05, 0) is 53.3 Å². The van der Waals surface area contributed by atoms with E-state index in [0.717, 1.165) is 9.13 Å². The Morgan fingerprint density at radius 2 is 1.71 bits per heavy atom. The minimum Gasteiger partial charge on any atom is -0.289 e. The number of hydrogen-bond donors (Lipinski definition) is 0. The normalized spacial score (nSPS) is 10.3. The lowest BCUT2D eigenvalue weighted by Crippen LogP contribution is -2.05. The van der Waals surface area contributed by atoms with E-state index in [1.165, 1.54) is 0 Å². The summed E-state index contributed by atoms with van der Waals surface area (Å²) in [6.45, 7) is 1.99. The molecule has 2 rings (SSSR count). The van der Waals surface area contributed by atoms with Crippen LogP contribution in [0.1, 0.15) is 21.5 Å². The zero-order valence-corrected chi connectivity index (χ0v) is 12.1. The second-order valence-corrected chi connectivity index (χ2v) is 5.23. The Morgan fingerprint density at radius 3 is 2.41 bits per heavy atom. The van der Waals surface area contributed by atoms with E-state index >= 15 is 0 Å².